The molecule has 1 saturated heterocycles. The molecule has 6 nitrogen and oxygen atoms in total. The van der Waals surface area contributed by atoms with Crippen molar-refractivity contribution >= 4 is 44.0 Å². The summed E-state index contributed by atoms with van der Waals surface area (Å²) in [5.74, 6) is 0.574. The fraction of sp³-hybridized carbons (Fsp3) is 0.242. The van der Waals surface area contributed by atoms with Gasteiger partial charge in [-0.1, -0.05) is 78.9 Å². The number of para-hydroxylation sites is 1. The Morgan fingerprint density at radius 2 is 1.55 bits per heavy atom. The number of methoxy groups -OCH3 is 1. The van der Waals surface area contributed by atoms with Crippen molar-refractivity contribution in [3.8, 4) is 5.75 Å². The fourth-order valence-corrected chi connectivity index (χ4v) is 6.99. The molecule has 6 rings (SSSR count). The summed E-state index contributed by atoms with van der Waals surface area (Å²) in [6.07, 6.45) is 2.89. The number of Topliss-reactive ketones (excluding diaryl/α,β-unsaturated/α-hetero) is 1. The van der Waals surface area contributed by atoms with Crippen molar-refractivity contribution in [3.05, 3.63) is 111 Å². The van der Waals surface area contributed by atoms with Crippen LogP contribution in [0, 0.1) is 5.92 Å². The zero-order chi connectivity index (χ0) is 27.6. The summed E-state index contributed by atoms with van der Waals surface area (Å²) < 4.78 is 7.97. The van der Waals surface area contributed by atoms with E-state index in [1.165, 1.54) is 28.6 Å². The first-order chi connectivity index (χ1) is 19.5. The third-order valence-electron chi connectivity index (χ3n) is 7.83. The Bertz CT molecular complexity index is 1750. The first-order valence-corrected chi connectivity index (χ1v) is 14.4. The SMILES string of the molecule is COc1c(C(=O)N2CCC(Cc3ccccc3)CC2)sc2c1c(=O)n(CC(=O)c1ccccc1)c1ccccc21. The van der Waals surface area contributed by atoms with Crippen molar-refractivity contribution in [3.63, 3.8) is 0 Å². The molecule has 0 unspecified atom stereocenters. The van der Waals surface area contributed by atoms with E-state index in [0.29, 0.717) is 50.8 Å². The van der Waals surface area contributed by atoms with E-state index in [9.17, 15) is 14.4 Å². The van der Waals surface area contributed by atoms with E-state index < -0.39 is 0 Å². The van der Waals surface area contributed by atoms with Crippen molar-refractivity contribution in [2.24, 2.45) is 5.92 Å². The quantitative estimate of drug-likeness (QED) is 0.226. The van der Waals surface area contributed by atoms with Crippen LogP contribution in [0.1, 0.15) is 38.4 Å². The van der Waals surface area contributed by atoms with Crippen molar-refractivity contribution < 1.29 is 14.3 Å². The smallest absolute Gasteiger partial charge is 0.267 e. The maximum absolute atomic E-state index is 13.9. The van der Waals surface area contributed by atoms with E-state index >= 15 is 0 Å². The van der Waals surface area contributed by atoms with Crippen LogP contribution in [-0.4, -0.2) is 41.4 Å². The molecule has 2 aromatic heterocycles. The van der Waals surface area contributed by atoms with Gasteiger partial charge >= 0.3 is 0 Å². The molecule has 0 atom stereocenters. The van der Waals surface area contributed by atoms with Gasteiger partial charge < -0.3 is 9.64 Å². The number of aromatic nitrogens is 1. The number of nitrogens with zero attached hydrogens (tertiary/aromatic N) is 2. The molecule has 7 heteroatoms. The third kappa shape index (κ3) is 4.82. The number of benzene rings is 3. The van der Waals surface area contributed by atoms with Crippen LogP contribution in [0.5, 0.6) is 5.75 Å². The Morgan fingerprint density at radius 3 is 2.25 bits per heavy atom. The highest BCUT2D eigenvalue weighted by Gasteiger charge is 2.30. The maximum Gasteiger partial charge on any atom is 0.267 e. The Kier molecular flexibility index (Phi) is 7.22. The molecule has 0 saturated carbocycles. The van der Waals surface area contributed by atoms with Gasteiger partial charge in [0.2, 0.25) is 0 Å². The predicted molar refractivity (Wildman–Crippen MR) is 160 cm³/mol. The van der Waals surface area contributed by atoms with E-state index in [1.807, 2.05) is 53.4 Å². The lowest BCUT2D eigenvalue weighted by Crippen LogP contribution is -2.38. The standard InChI is InChI=1S/C33H30N2O4S/c1-39-29-28-30(40-31(29)33(38)34-18-16-23(17-19-34)20-22-10-4-2-5-11-22)25-14-8-9-15-26(25)35(32(28)37)21-27(36)24-12-6-3-7-13-24/h2-15,23H,16-21H2,1H3. The topological polar surface area (TPSA) is 68.6 Å². The first-order valence-electron chi connectivity index (χ1n) is 13.6. The van der Waals surface area contributed by atoms with Gasteiger partial charge in [-0.3, -0.25) is 19.0 Å². The molecule has 3 aromatic carbocycles. The summed E-state index contributed by atoms with van der Waals surface area (Å²) in [5, 5.41) is 1.18. The summed E-state index contributed by atoms with van der Waals surface area (Å²) in [5.41, 5.74) is 2.20. The van der Waals surface area contributed by atoms with Gasteiger partial charge in [0.25, 0.3) is 11.5 Å². The highest BCUT2D eigenvalue weighted by Crippen LogP contribution is 2.40. The van der Waals surface area contributed by atoms with Crippen LogP contribution in [0.25, 0.3) is 21.0 Å². The van der Waals surface area contributed by atoms with E-state index in [0.717, 1.165) is 24.6 Å². The molecular formula is C33H30N2O4S. The number of likely N-dealkylation sites (tertiary alicyclic amines) is 1. The number of hydrogen-bond donors (Lipinski definition) is 0. The second-order valence-electron chi connectivity index (χ2n) is 10.3. The number of hydrogen-bond acceptors (Lipinski definition) is 5. The summed E-state index contributed by atoms with van der Waals surface area (Å²) in [6.45, 7) is 1.24. The molecule has 1 fully saturated rings. The normalized spacial score (nSPS) is 14.1. The molecule has 0 radical (unpaired) electrons. The molecule has 5 aromatic rings. The van der Waals surface area contributed by atoms with Crippen molar-refractivity contribution in [2.45, 2.75) is 25.8 Å². The summed E-state index contributed by atoms with van der Waals surface area (Å²) >= 11 is 1.31. The number of carbonyl (C=O) groups is 2. The van der Waals surface area contributed by atoms with E-state index in [1.54, 1.807) is 12.1 Å². The Balaban J connectivity index is 1.34. The van der Waals surface area contributed by atoms with Gasteiger partial charge in [-0.2, -0.15) is 0 Å². The third-order valence-corrected chi connectivity index (χ3v) is 9.02. The number of pyridine rings is 1. The van der Waals surface area contributed by atoms with Crippen LogP contribution in [0.4, 0.5) is 0 Å². The van der Waals surface area contributed by atoms with Crippen LogP contribution < -0.4 is 10.3 Å². The second kappa shape index (κ2) is 11.1. The van der Waals surface area contributed by atoms with Gasteiger partial charge in [0.1, 0.15) is 10.3 Å². The van der Waals surface area contributed by atoms with E-state index in [-0.39, 0.29) is 23.8 Å². The van der Waals surface area contributed by atoms with Crippen molar-refractivity contribution in [2.75, 3.05) is 20.2 Å². The fourth-order valence-electron chi connectivity index (χ4n) is 5.73. The van der Waals surface area contributed by atoms with Crippen LogP contribution in [0.2, 0.25) is 0 Å². The lowest BCUT2D eigenvalue weighted by Gasteiger charge is -2.32. The number of rotatable bonds is 7. The van der Waals surface area contributed by atoms with Gasteiger partial charge in [0.15, 0.2) is 11.5 Å². The van der Waals surface area contributed by atoms with Gasteiger partial charge in [0.05, 0.1) is 23.9 Å². The minimum Gasteiger partial charge on any atom is -0.494 e. The number of ketones is 1. The molecular weight excluding hydrogens is 520 g/mol. The number of thiophene rings is 1. The maximum atomic E-state index is 13.9. The molecule has 202 valence electrons. The Hall–Kier alpha value is -4.23. The summed E-state index contributed by atoms with van der Waals surface area (Å²) in [7, 11) is 1.50. The van der Waals surface area contributed by atoms with Gasteiger partial charge in [-0.15, -0.1) is 11.3 Å². The first kappa shape index (κ1) is 26.0. The molecule has 3 heterocycles. The minimum absolute atomic E-state index is 0.101. The minimum atomic E-state index is -0.327. The highest BCUT2D eigenvalue weighted by atomic mass is 32.1. The number of ether oxygens (including phenoxy) is 1. The van der Waals surface area contributed by atoms with Crippen LogP contribution in [0.15, 0.2) is 89.7 Å². The van der Waals surface area contributed by atoms with Crippen LogP contribution >= 0.6 is 11.3 Å². The van der Waals surface area contributed by atoms with Crippen molar-refractivity contribution in [1.29, 1.82) is 0 Å². The molecule has 1 aliphatic rings. The molecule has 0 aliphatic carbocycles. The van der Waals surface area contributed by atoms with E-state index in [2.05, 4.69) is 24.3 Å². The molecule has 0 bridgehead atoms. The lowest BCUT2D eigenvalue weighted by atomic mass is 9.90. The molecule has 1 amide bonds. The van der Waals surface area contributed by atoms with Gasteiger partial charge in [-0.05, 0) is 36.8 Å². The van der Waals surface area contributed by atoms with E-state index in [4.69, 9.17) is 4.74 Å². The van der Waals surface area contributed by atoms with Crippen molar-refractivity contribution in [1.82, 2.24) is 9.47 Å². The average molecular weight is 551 g/mol. The van der Waals surface area contributed by atoms with Gasteiger partial charge in [0, 0.05) is 24.0 Å². The molecule has 40 heavy (non-hydrogen) atoms. The lowest BCUT2D eigenvalue weighted by molar-refractivity contribution is 0.0692. The molecule has 0 spiro atoms. The predicted octanol–water partition coefficient (Wildman–Crippen LogP) is 6.20. The summed E-state index contributed by atoms with van der Waals surface area (Å²) in [6, 6.07) is 27.0. The number of carbonyl (C=O) groups excluding carboxylic acids is 2. The average Bonchev–Trinajstić information content (AvgIpc) is 3.40. The molecule has 0 N–H and O–H groups in total. The number of piperidine rings is 1. The number of fused-ring (bicyclic) bond motifs is 3. The Morgan fingerprint density at radius 1 is 0.900 bits per heavy atom. The zero-order valence-corrected chi connectivity index (χ0v) is 23.2. The van der Waals surface area contributed by atoms with Gasteiger partial charge in [-0.25, -0.2) is 0 Å². The van der Waals surface area contributed by atoms with Crippen LogP contribution in [-0.2, 0) is 13.0 Å². The monoisotopic (exact) mass is 550 g/mol. The Labute approximate surface area is 236 Å². The molecule has 1 aliphatic heterocycles. The second-order valence-corrected chi connectivity index (χ2v) is 11.3. The zero-order valence-electron chi connectivity index (χ0n) is 22.3. The number of amides is 1. The summed E-state index contributed by atoms with van der Waals surface area (Å²) in [4.78, 5) is 43.2. The van der Waals surface area contributed by atoms with Crippen LogP contribution in [0.3, 0.4) is 0 Å². The highest BCUT2D eigenvalue weighted by molar-refractivity contribution is 7.22. The largest absolute Gasteiger partial charge is 0.494 e.